The molecular formula is C14H10F2N2O2S. The Morgan fingerprint density at radius 3 is 2.67 bits per heavy atom. The molecule has 0 atom stereocenters. The first-order chi connectivity index (χ1) is 10.1. The standard InChI is InChI=1S/C14H10F2N2O2S/c1-8-11(12(19)18-6-7-21-14(18)17-8)9-2-4-10(5-3-9)20-13(15)16/h2-7,13H,1H3. The molecule has 0 unspecified atom stereocenters. The van der Waals surface area contributed by atoms with Crippen LogP contribution in [0.1, 0.15) is 5.69 Å². The van der Waals surface area contributed by atoms with Crippen LogP contribution in [0.25, 0.3) is 16.1 Å². The van der Waals surface area contributed by atoms with Gasteiger partial charge < -0.3 is 4.74 Å². The Kier molecular flexibility index (Phi) is 3.42. The summed E-state index contributed by atoms with van der Waals surface area (Å²) < 4.78 is 30.0. The second-order valence-corrected chi connectivity index (χ2v) is 5.21. The molecule has 2 heterocycles. The van der Waals surface area contributed by atoms with Crippen molar-refractivity contribution in [3.63, 3.8) is 0 Å². The maximum atomic E-state index is 12.5. The number of ether oxygens (including phenoxy) is 1. The van der Waals surface area contributed by atoms with Crippen LogP contribution in [0, 0.1) is 6.92 Å². The van der Waals surface area contributed by atoms with Crippen molar-refractivity contribution in [3.05, 3.63) is 51.9 Å². The SMILES string of the molecule is Cc1nc2sccn2c(=O)c1-c1ccc(OC(F)F)cc1. The molecule has 2 aromatic heterocycles. The molecule has 0 radical (unpaired) electrons. The van der Waals surface area contributed by atoms with Gasteiger partial charge in [-0.15, -0.1) is 11.3 Å². The lowest BCUT2D eigenvalue weighted by molar-refractivity contribution is -0.0498. The molecule has 0 aliphatic carbocycles. The smallest absolute Gasteiger partial charge is 0.387 e. The summed E-state index contributed by atoms with van der Waals surface area (Å²) in [4.78, 5) is 17.4. The van der Waals surface area contributed by atoms with Gasteiger partial charge in [0.15, 0.2) is 4.96 Å². The lowest BCUT2D eigenvalue weighted by atomic mass is 10.1. The van der Waals surface area contributed by atoms with Crippen LogP contribution in [0.5, 0.6) is 5.75 Å². The number of alkyl halides is 2. The molecule has 108 valence electrons. The van der Waals surface area contributed by atoms with Gasteiger partial charge in [0.1, 0.15) is 5.75 Å². The number of aryl methyl sites for hydroxylation is 1. The Bertz CT molecular complexity index is 840. The van der Waals surface area contributed by atoms with Gasteiger partial charge in [0, 0.05) is 11.6 Å². The highest BCUT2D eigenvalue weighted by molar-refractivity contribution is 7.15. The minimum Gasteiger partial charge on any atom is -0.435 e. The highest BCUT2D eigenvalue weighted by Gasteiger charge is 2.13. The minimum absolute atomic E-state index is 0.0519. The summed E-state index contributed by atoms with van der Waals surface area (Å²) in [5, 5.41) is 1.78. The van der Waals surface area contributed by atoms with E-state index >= 15 is 0 Å². The fourth-order valence-electron chi connectivity index (χ4n) is 2.12. The average Bonchev–Trinajstić information content (AvgIpc) is 2.88. The summed E-state index contributed by atoms with van der Waals surface area (Å²) in [6, 6.07) is 5.95. The first kappa shape index (κ1) is 13.7. The second kappa shape index (κ2) is 5.25. The van der Waals surface area contributed by atoms with Gasteiger partial charge in [-0.1, -0.05) is 12.1 Å². The molecule has 0 spiro atoms. The van der Waals surface area contributed by atoms with E-state index in [0.29, 0.717) is 21.8 Å². The molecule has 4 nitrogen and oxygen atoms in total. The third-order valence-corrected chi connectivity index (χ3v) is 3.77. The Morgan fingerprint density at radius 1 is 1.29 bits per heavy atom. The van der Waals surface area contributed by atoms with Crippen molar-refractivity contribution < 1.29 is 13.5 Å². The molecule has 0 amide bonds. The number of hydrogen-bond acceptors (Lipinski definition) is 4. The number of thiazole rings is 1. The van der Waals surface area contributed by atoms with Crippen molar-refractivity contribution in [1.82, 2.24) is 9.38 Å². The Hall–Kier alpha value is -2.28. The third kappa shape index (κ3) is 2.52. The van der Waals surface area contributed by atoms with Crippen LogP contribution in [0.4, 0.5) is 8.78 Å². The van der Waals surface area contributed by atoms with Gasteiger partial charge >= 0.3 is 6.61 Å². The molecule has 1 aromatic carbocycles. The van der Waals surface area contributed by atoms with Crippen LogP contribution in [0.15, 0.2) is 40.6 Å². The van der Waals surface area contributed by atoms with Crippen molar-refractivity contribution >= 4 is 16.3 Å². The third-order valence-electron chi connectivity index (χ3n) is 3.02. The molecule has 0 saturated heterocycles. The molecule has 21 heavy (non-hydrogen) atoms. The van der Waals surface area contributed by atoms with E-state index < -0.39 is 6.61 Å². The fourth-order valence-corrected chi connectivity index (χ4v) is 2.87. The van der Waals surface area contributed by atoms with Gasteiger partial charge in [-0.3, -0.25) is 9.20 Å². The Morgan fingerprint density at radius 2 is 2.00 bits per heavy atom. The molecule has 0 N–H and O–H groups in total. The first-order valence-electron chi connectivity index (χ1n) is 6.08. The molecular weight excluding hydrogens is 298 g/mol. The lowest BCUT2D eigenvalue weighted by Crippen LogP contribution is -2.16. The molecule has 0 aliphatic heterocycles. The van der Waals surface area contributed by atoms with E-state index in [2.05, 4.69) is 9.72 Å². The zero-order valence-corrected chi connectivity index (χ0v) is 11.7. The van der Waals surface area contributed by atoms with E-state index in [1.165, 1.54) is 27.9 Å². The minimum atomic E-state index is -2.87. The number of rotatable bonds is 3. The summed E-state index contributed by atoms with van der Waals surface area (Å²) in [5.74, 6) is 0.0519. The van der Waals surface area contributed by atoms with E-state index in [1.807, 2.05) is 0 Å². The van der Waals surface area contributed by atoms with Crippen molar-refractivity contribution in [2.24, 2.45) is 0 Å². The summed E-state index contributed by atoms with van der Waals surface area (Å²) in [6.07, 6.45) is 1.66. The summed E-state index contributed by atoms with van der Waals surface area (Å²) in [7, 11) is 0. The number of fused-ring (bicyclic) bond motifs is 1. The van der Waals surface area contributed by atoms with Gasteiger partial charge in [-0.2, -0.15) is 8.78 Å². The summed E-state index contributed by atoms with van der Waals surface area (Å²) >= 11 is 1.38. The second-order valence-electron chi connectivity index (χ2n) is 4.34. The molecule has 3 aromatic rings. The normalized spacial score (nSPS) is 11.2. The Balaban J connectivity index is 2.09. The monoisotopic (exact) mass is 308 g/mol. The van der Waals surface area contributed by atoms with E-state index in [0.717, 1.165) is 0 Å². The molecule has 0 saturated carbocycles. The number of nitrogens with zero attached hydrogens (tertiary/aromatic N) is 2. The predicted octanol–water partition coefficient (Wildman–Crippen LogP) is 3.33. The van der Waals surface area contributed by atoms with Crippen molar-refractivity contribution in [1.29, 1.82) is 0 Å². The topological polar surface area (TPSA) is 43.6 Å². The van der Waals surface area contributed by atoms with Gasteiger partial charge in [-0.05, 0) is 24.6 Å². The van der Waals surface area contributed by atoms with Crippen molar-refractivity contribution in [3.8, 4) is 16.9 Å². The maximum absolute atomic E-state index is 12.5. The first-order valence-corrected chi connectivity index (χ1v) is 6.96. The molecule has 0 aliphatic rings. The van der Waals surface area contributed by atoms with Gasteiger partial charge in [-0.25, -0.2) is 4.98 Å². The van der Waals surface area contributed by atoms with Crippen LogP contribution >= 0.6 is 11.3 Å². The lowest BCUT2D eigenvalue weighted by Gasteiger charge is -2.07. The predicted molar refractivity (Wildman–Crippen MR) is 76.1 cm³/mol. The van der Waals surface area contributed by atoms with E-state index in [9.17, 15) is 13.6 Å². The molecule has 0 fully saturated rings. The highest BCUT2D eigenvalue weighted by Crippen LogP contribution is 2.23. The van der Waals surface area contributed by atoms with Crippen LogP contribution in [-0.4, -0.2) is 16.0 Å². The highest BCUT2D eigenvalue weighted by atomic mass is 32.1. The van der Waals surface area contributed by atoms with Gasteiger partial charge in [0.2, 0.25) is 0 Å². The van der Waals surface area contributed by atoms with E-state index in [1.54, 1.807) is 30.6 Å². The van der Waals surface area contributed by atoms with Crippen molar-refractivity contribution in [2.45, 2.75) is 13.5 Å². The molecule has 7 heteroatoms. The molecule has 3 rings (SSSR count). The quantitative estimate of drug-likeness (QED) is 0.745. The van der Waals surface area contributed by atoms with E-state index in [4.69, 9.17) is 0 Å². The Labute approximate surface area is 122 Å². The van der Waals surface area contributed by atoms with Gasteiger partial charge in [0.05, 0.1) is 11.3 Å². The van der Waals surface area contributed by atoms with Crippen LogP contribution in [0.3, 0.4) is 0 Å². The largest absolute Gasteiger partial charge is 0.435 e. The van der Waals surface area contributed by atoms with Crippen molar-refractivity contribution in [2.75, 3.05) is 0 Å². The summed E-state index contributed by atoms with van der Waals surface area (Å²) in [5.41, 5.74) is 1.49. The number of hydrogen-bond donors (Lipinski definition) is 0. The number of halogens is 2. The number of benzene rings is 1. The number of aromatic nitrogens is 2. The average molecular weight is 308 g/mol. The zero-order valence-electron chi connectivity index (χ0n) is 10.9. The van der Waals surface area contributed by atoms with Crippen LogP contribution in [-0.2, 0) is 0 Å². The van der Waals surface area contributed by atoms with Crippen LogP contribution in [0.2, 0.25) is 0 Å². The summed E-state index contributed by atoms with van der Waals surface area (Å²) in [6.45, 7) is -1.12. The van der Waals surface area contributed by atoms with Gasteiger partial charge in [0.25, 0.3) is 5.56 Å². The van der Waals surface area contributed by atoms with E-state index in [-0.39, 0.29) is 11.3 Å². The maximum Gasteiger partial charge on any atom is 0.387 e. The van der Waals surface area contributed by atoms with Crippen LogP contribution < -0.4 is 10.3 Å². The fraction of sp³-hybridized carbons (Fsp3) is 0.143. The zero-order chi connectivity index (χ0) is 15.0. The molecule has 0 bridgehead atoms.